The van der Waals surface area contributed by atoms with Crippen molar-refractivity contribution in [3.8, 4) is 0 Å². The molecule has 2 atom stereocenters. The Labute approximate surface area is 70.8 Å². The molecule has 1 heterocycles. The SMILES string of the molecule is CC1CCC(C)(C)N(C)C1C. The average molecular weight is 155 g/mol. The highest BCUT2D eigenvalue weighted by Crippen LogP contribution is 2.32. The zero-order valence-corrected chi connectivity index (χ0v) is 8.52. The van der Waals surface area contributed by atoms with Crippen molar-refractivity contribution in [3.05, 3.63) is 0 Å². The lowest BCUT2D eigenvalue weighted by atomic mass is 9.81. The summed E-state index contributed by atoms with van der Waals surface area (Å²) in [5, 5.41) is 0. The van der Waals surface area contributed by atoms with Gasteiger partial charge in [-0.05, 0) is 46.6 Å². The summed E-state index contributed by atoms with van der Waals surface area (Å²) in [7, 11) is 2.25. The van der Waals surface area contributed by atoms with E-state index in [1.807, 2.05) is 0 Å². The monoisotopic (exact) mass is 155 g/mol. The number of piperidine rings is 1. The van der Waals surface area contributed by atoms with E-state index >= 15 is 0 Å². The van der Waals surface area contributed by atoms with E-state index in [0.717, 1.165) is 12.0 Å². The lowest BCUT2D eigenvalue weighted by molar-refractivity contribution is 0.0262. The molecular formula is C10H21N. The second-order valence-electron chi connectivity index (χ2n) is 4.68. The molecule has 0 N–H and O–H groups in total. The van der Waals surface area contributed by atoms with Gasteiger partial charge < -0.3 is 0 Å². The number of likely N-dealkylation sites (tertiary alicyclic amines) is 1. The van der Waals surface area contributed by atoms with Gasteiger partial charge in [0, 0.05) is 11.6 Å². The van der Waals surface area contributed by atoms with Gasteiger partial charge in [0.1, 0.15) is 0 Å². The molecule has 1 fully saturated rings. The molecule has 0 aliphatic carbocycles. The Morgan fingerprint density at radius 1 is 1.27 bits per heavy atom. The van der Waals surface area contributed by atoms with Crippen LogP contribution in [0, 0.1) is 5.92 Å². The maximum absolute atomic E-state index is 2.52. The van der Waals surface area contributed by atoms with E-state index in [1.165, 1.54) is 12.8 Å². The van der Waals surface area contributed by atoms with Crippen molar-refractivity contribution in [1.29, 1.82) is 0 Å². The largest absolute Gasteiger partial charge is 0.298 e. The molecular weight excluding hydrogens is 134 g/mol. The third kappa shape index (κ3) is 1.58. The Hall–Kier alpha value is -0.0400. The zero-order valence-electron chi connectivity index (χ0n) is 8.52. The molecule has 0 radical (unpaired) electrons. The molecule has 0 aromatic rings. The van der Waals surface area contributed by atoms with E-state index in [0.29, 0.717) is 5.54 Å². The van der Waals surface area contributed by atoms with Crippen LogP contribution >= 0.6 is 0 Å². The van der Waals surface area contributed by atoms with Crippen LogP contribution in [-0.4, -0.2) is 23.5 Å². The predicted molar refractivity (Wildman–Crippen MR) is 49.7 cm³/mol. The van der Waals surface area contributed by atoms with Crippen molar-refractivity contribution in [1.82, 2.24) is 4.90 Å². The third-order valence-electron chi connectivity index (χ3n) is 3.60. The molecule has 0 amide bonds. The summed E-state index contributed by atoms with van der Waals surface area (Å²) >= 11 is 0. The first-order valence-electron chi connectivity index (χ1n) is 4.68. The highest BCUT2D eigenvalue weighted by Gasteiger charge is 2.34. The molecule has 1 aliphatic rings. The molecule has 0 aromatic heterocycles. The summed E-state index contributed by atoms with van der Waals surface area (Å²) in [5.74, 6) is 0.869. The Morgan fingerprint density at radius 2 is 1.82 bits per heavy atom. The van der Waals surface area contributed by atoms with Crippen LogP contribution in [-0.2, 0) is 0 Å². The van der Waals surface area contributed by atoms with Gasteiger partial charge in [-0.3, -0.25) is 4.90 Å². The predicted octanol–water partition coefficient (Wildman–Crippen LogP) is 2.52. The van der Waals surface area contributed by atoms with Gasteiger partial charge in [0.2, 0.25) is 0 Å². The molecule has 1 aliphatic heterocycles. The Balaban J connectivity index is 2.67. The van der Waals surface area contributed by atoms with Gasteiger partial charge in [-0.25, -0.2) is 0 Å². The van der Waals surface area contributed by atoms with Gasteiger partial charge in [0.15, 0.2) is 0 Å². The first kappa shape index (κ1) is 9.05. The fourth-order valence-electron chi connectivity index (χ4n) is 1.93. The molecule has 1 rings (SSSR count). The Bertz CT molecular complexity index is 140. The van der Waals surface area contributed by atoms with Crippen molar-refractivity contribution in [3.63, 3.8) is 0 Å². The average Bonchev–Trinajstić information content (AvgIpc) is 1.95. The van der Waals surface area contributed by atoms with Gasteiger partial charge in [-0.2, -0.15) is 0 Å². The lowest BCUT2D eigenvalue weighted by Gasteiger charge is -2.47. The second-order valence-corrected chi connectivity index (χ2v) is 4.68. The third-order valence-corrected chi connectivity index (χ3v) is 3.60. The quantitative estimate of drug-likeness (QED) is 0.519. The van der Waals surface area contributed by atoms with Crippen molar-refractivity contribution in [2.24, 2.45) is 5.92 Å². The molecule has 0 aromatic carbocycles. The minimum Gasteiger partial charge on any atom is -0.298 e. The maximum atomic E-state index is 2.52. The molecule has 66 valence electrons. The van der Waals surface area contributed by atoms with Gasteiger partial charge in [0.05, 0.1) is 0 Å². The van der Waals surface area contributed by atoms with Crippen LogP contribution in [0.5, 0.6) is 0 Å². The van der Waals surface area contributed by atoms with Crippen molar-refractivity contribution in [2.45, 2.75) is 52.1 Å². The zero-order chi connectivity index (χ0) is 8.65. The van der Waals surface area contributed by atoms with E-state index in [9.17, 15) is 0 Å². The second kappa shape index (κ2) is 2.78. The highest BCUT2D eigenvalue weighted by atomic mass is 15.2. The number of rotatable bonds is 0. The fourth-order valence-corrected chi connectivity index (χ4v) is 1.93. The molecule has 1 heteroatoms. The van der Waals surface area contributed by atoms with Crippen LogP contribution in [0.4, 0.5) is 0 Å². The molecule has 0 spiro atoms. The fraction of sp³-hybridized carbons (Fsp3) is 1.00. The van der Waals surface area contributed by atoms with E-state index in [4.69, 9.17) is 0 Å². The van der Waals surface area contributed by atoms with Gasteiger partial charge in [-0.15, -0.1) is 0 Å². The summed E-state index contributed by atoms with van der Waals surface area (Å²) in [6.45, 7) is 9.38. The number of hydrogen-bond donors (Lipinski definition) is 0. The minimum absolute atomic E-state index is 0.423. The summed E-state index contributed by atoms with van der Waals surface area (Å²) in [5.41, 5.74) is 0.423. The van der Waals surface area contributed by atoms with Crippen molar-refractivity contribution >= 4 is 0 Å². The Kier molecular flexibility index (Phi) is 2.29. The van der Waals surface area contributed by atoms with Crippen LogP contribution in [0.15, 0.2) is 0 Å². The molecule has 1 saturated heterocycles. The molecule has 1 nitrogen and oxygen atoms in total. The summed E-state index contributed by atoms with van der Waals surface area (Å²) < 4.78 is 0. The van der Waals surface area contributed by atoms with E-state index in [-0.39, 0.29) is 0 Å². The van der Waals surface area contributed by atoms with Crippen LogP contribution in [0.3, 0.4) is 0 Å². The van der Waals surface area contributed by atoms with Crippen LogP contribution in [0.2, 0.25) is 0 Å². The summed E-state index contributed by atoms with van der Waals surface area (Å²) in [6, 6.07) is 0.749. The summed E-state index contributed by atoms with van der Waals surface area (Å²) in [4.78, 5) is 2.52. The first-order chi connectivity index (χ1) is 4.95. The lowest BCUT2D eigenvalue weighted by Crippen LogP contribution is -2.52. The normalized spacial score (nSPS) is 39.0. The number of nitrogens with zero attached hydrogens (tertiary/aromatic N) is 1. The summed E-state index contributed by atoms with van der Waals surface area (Å²) in [6.07, 6.45) is 2.73. The minimum atomic E-state index is 0.423. The smallest absolute Gasteiger partial charge is 0.0153 e. The van der Waals surface area contributed by atoms with Gasteiger partial charge in [-0.1, -0.05) is 6.92 Å². The number of hydrogen-bond acceptors (Lipinski definition) is 1. The van der Waals surface area contributed by atoms with Gasteiger partial charge >= 0.3 is 0 Å². The maximum Gasteiger partial charge on any atom is 0.0153 e. The first-order valence-corrected chi connectivity index (χ1v) is 4.68. The van der Waals surface area contributed by atoms with Crippen LogP contribution in [0.25, 0.3) is 0 Å². The van der Waals surface area contributed by atoms with Gasteiger partial charge in [0.25, 0.3) is 0 Å². The topological polar surface area (TPSA) is 3.24 Å². The Morgan fingerprint density at radius 3 is 2.27 bits per heavy atom. The molecule has 2 unspecified atom stereocenters. The van der Waals surface area contributed by atoms with Crippen molar-refractivity contribution in [2.75, 3.05) is 7.05 Å². The molecule has 11 heavy (non-hydrogen) atoms. The van der Waals surface area contributed by atoms with Crippen molar-refractivity contribution < 1.29 is 0 Å². The van der Waals surface area contributed by atoms with Crippen LogP contribution < -0.4 is 0 Å². The highest BCUT2D eigenvalue weighted by molar-refractivity contribution is 4.90. The van der Waals surface area contributed by atoms with Crippen LogP contribution in [0.1, 0.15) is 40.5 Å². The van der Waals surface area contributed by atoms with E-state index in [1.54, 1.807) is 0 Å². The molecule has 0 bridgehead atoms. The van der Waals surface area contributed by atoms with E-state index < -0.39 is 0 Å². The van der Waals surface area contributed by atoms with E-state index in [2.05, 4.69) is 39.6 Å². The standard InChI is InChI=1S/C10H21N/c1-8-6-7-10(3,4)11(5)9(8)2/h8-9H,6-7H2,1-5H3. The molecule has 0 saturated carbocycles.